The monoisotopic (exact) mass is 224 g/mol. The zero-order valence-electron chi connectivity index (χ0n) is 4.42. The van der Waals surface area contributed by atoms with Gasteiger partial charge in [-0.05, 0) is 15.9 Å². The lowest BCUT2D eigenvalue weighted by Gasteiger charge is -2.01. The van der Waals surface area contributed by atoms with Crippen LogP contribution in [0.25, 0.3) is 0 Å². The molecule has 0 aromatic heterocycles. The van der Waals surface area contributed by atoms with Crippen molar-refractivity contribution in [3.8, 4) is 0 Å². The zero-order chi connectivity index (χ0) is 8.41. The summed E-state index contributed by atoms with van der Waals surface area (Å²) in [5.41, 5.74) is 0. The van der Waals surface area contributed by atoms with Gasteiger partial charge in [0.15, 0.2) is 0 Å². The Morgan fingerprint density at radius 2 is 1.30 bits per heavy atom. The number of hydrogen-bond donors (Lipinski definition) is 0. The number of rotatable bonds is 1. The quantitative estimate of drug-likeness (QED) is 0.365. The van der Waals surface area contributed by atoms with Crippen LogP contribution in [0.1, 0.15) is 0 Å². The van der Waals surface area contributed by atoms with Gasteiger partial charge in [0.05, 0.1) is 0 Å². The summed E-state index contributed by atoms with van der Waals surface area (Å²) in [6.45, 7) is 0. The first-order valence-corrected chi connectivity index (χ1v) is 2.84. The second kappa shape index (κ2) is 2.86. The summed E-state index contributed by atoms with van der Waals surface area (Å²) in [6, 6.07) is 0. The summed E-state index contributed by atoms with van der Waals surface area (Å²) < 4.78 is 56.6. The summed E-state index contributed by atoms with van der Waals surface area (Å²) in [6.07, 6.45) is -5.48. The van der Waals surface area contributed by atoms with Crippen molar-refractivity contribution in [3.05, 3.63) is 12.2 Å². The summed E-state index contributed by atoms with van der Waals surface area (Å²) in [4.78, 5) is -3.58. The Hall–Kier alpha value is -0.130. The van der Waals surface area contributed by atoms with E-state index in [4.69, 9.17) is 0 Å². The molecule has 0 saturated carbocycles. The van der Waals surface area contributed by atoms with E-state index in [1.807, 2.05) is 0 Å². The molecule has 0 atom stereocenters. The summed E-state index contributed by atoms with van der Waals surface area (Å²) >= 11 is 1.71. The van der Waals surface area contributed by atoms with Crippen LogP contribution in [0.3, 0.4) is 0 Å². The number of allylic oxidation sites excluding steroid dienone is 2. The first-order chi connectivity index (χ1) is 4.21. The van der Waals surface area contributed by atoms with Crippen molar-refractivity contribution in [2.45, 2.75) is 11.0 Å². The van der Waals surface area contributed by atoms with Gasteiger partial charge in [0.1, 0.15) is 0 Å². The van der Waals surface area contributed by atoms with Gasteiger partial charge in [0.25, 0.3) is 0 Å². The van der Waals surface area contributed by atoms with Crippen molar-refractivity contribution < 1.29 is 22.0 Å². The van der Waals surface area contributed by atoms with Crippen LogP contribution < -0.4 is 0 Å². The van der Waals surface area contributed by atoms with Crippen molar-refractivity contribution in [1.82, 2.24) is 0 Å². The average molecular weight is 225 g/mol. The van der Waals surface area contributed by atoms with Crippen LogP contribution in [0.2, 0.25) is 0 Å². The van der Waals surface area contributed by atoms with Crippen molar-refractivity contribution in [3.63, 3.8) is 0 Å². The molecular weight excluding hydrogens is 223 g/mol. The van der Waals surface area contributed by atoms with Gasteiger partial charge < -0.3 is 0 Å². The Bertz CT molecular complexity index is 114. The SMILES string of the molecule is FC(F)(F)/C=C\C(F)(F)Br. The topological polar surface area (TPSA) is 0 Å². The van der Waals surface area contributed by atoms with Gasteiger partial charge in [-0.15, -0.1) is 0 Å². The molecule has 0 spiro atoms. The molecule has 0 aliphatic heterocycles. The van der Waals surface area contributed by atoms with Gasteiger partial charge in [-0.2, -0.15) is 22.0 Å². The van der Waals surface area contributed by atoms with E-state index in [0.29, 0.717) is 0 Å². The Morgan fingerprint density at radius 1 is 0.900 bits per heavy atom. The van der Waals surface area contributed by atoms with E-state index in [1.54, 1.807) is 15.9 Å². The van der Waals surface area contributed by atoms with Crippen LogP contribution in [0, 0.1) is 0 Å². The Morgan fingerprint density at radius 3 is 1.40 bits per heavy atom. The van der Waals surface area contributed by atoms with E-state index in [1.165, 1.54) is 0 Å². The molecule has 0 aliphatic rings. The molecule has 0 aliphatic carbocycles. The highest BCUT2D eigenvalue weighted by Crippen LogP contribution is 2.26. The lowest BCUT2D eigenvalue weighted by atomic mass is 10.5. The smallest absolute Gasteiger partial charge is 0.189 e. The maximum absolute atomic E-state index is 11.6. The van der Waals surface area contributed by atoms with Gasteiger partial charge in [0, 0.05) is 12.2 Å². The minimum Gasteiger partial charge on any atom is -0.189 e. The van der Waals surface area contributed by atoms with E-state index < -0.39 is 17.1 Å². The molecule has 0 N–H and O–H groups in total. The molecule has 0 rings (SSSR count). The van der Waals surface area contributed by atoms with Gasteiger partial charge >= 0.3 is 11.0 Å². The molecule has 0 saturated heterocycles. The van der Waals surface area contributed by atoms with Crippen LogP contribution in [-0.4, -0.2) is 11.0 Å². The van der Waals surface area contributed by atoms with Crippen molar-refractivity contribution in [1.29, 1.82) is 0 Å². The number of alkyl halides is 6. The molecule has 0 heterocycles. The number of hydrogen-bond acceptors (Lipinski definition) is 0. The Kier molecular flexibility index (Phi) is 2.82. The molecule has 10 heavy (non-hydrogen) atoms. The van der Waals surface area contributed by atoms with Crippen LogP contribution in [-0.2, 0) is 0 Å². The molecule has 0 bridgehead atoms. The summed E-state index contributed by atoms with van der Waals surface area (Å²) in [5, 5.41) is 0. The van der Waals surface area contributed by atoms with Crippen molar-refractivity contribution in [2.24, 2.45) is 0 Å². The maximum atomic E-state index is 11.6. The predicted octanol–water partition coefficient (Wildman–Crippen LogP) is 3.09. The molecule has 0 nitrogen and oxygen atoms in total. The standard InChI is InChI=1S/C4H2BrF5/c5-3(6,7)1-2-4(8,9)10/h1-2H/b2-1-. The normalized spacial score (nSPS) is 14.6. The zero-order valence-corrected chi connectivity index (χ0v) is 6.01. The van der Waals surface area contributed by atoms with Crippen LogP contribution in [0.4, 0.5) is 22.0 Å². The molecule has 0 unspecified atom stereocenters. The molecule has 60 valence electrons. The minimum absolute atomic E-state index is 0.271. The Labute approximate surface area is 61.8 Å². The molecule has 0 radical (unpaired) electrons. The fourth-order valence-corrected chi connectivity index (χ4v) is 0.321. The van der Waals surface area contributed by atoms with Crippen molar-refractivity contribution in [2.75, 3.05) is 0 Å². The first-order valence-electron chi connectivity index (χ1n) is 2.04. The van der Waals surface area contributed by atoms with E-state index in [0.717, 1.165) is 0 Å². The number of halogens is 6. The van der Waals surface area contributed by atoms with Crippen molar-refractivity contribution >= 4 is 15.9 Å². The van der Waals surface area contributed by atoms with Crippen LogP contribution in [0.15, 0.2) is 12.2 Å². The predicted molar refractivity (Wildman–Crippen MR) is 29.1 cm³/mol. The highest BCUT2D eigenvalue weighted by molar-refractivity contribution is 9.10. The van der Waals surface area contributed by atoms with E-state index in [9.17, 15) is 22.0 Å². The van der Waals surface area contributed by atoms with Gasteiger partial charge in [-0.1, -0.05) is 0 Å². The van der Waals surface area contributed by atoms with E-state index >= 15 is 0 Å². The maximum Gasteiger partial charge on any atom is 0.409 e. The highest BCUT2D eigenvalue weighted by Gasteiger charge is 2.27. The third-order valence-electron chi connectivity index (χ3n) is 0.461. The van der Waals surface area contributed by atoms with Crippen LogP contribution in [0.5, 0.6) is 0 Å². The second-order valence-electron chi connectivity index (χ2n) is 1.42. The lowest BCUT2D eigenvalue weighted by molar-refractivity contribution is -0.0809. The summed E-state index contributed by atoms with van der Waals surface area (Å²) in [7, 11) is 0. The molecule has 0 aromatic carbocycles. The Balaban J connectivity index is 4.01. The minimum atomic E-state index is -4.68. The van der Waals surface area contributed by atoms with Gasteiger partial charge in [-0.3, -0.25) is 0 Å². The molecule has 0 aromatic rings. The van der Waals surface area contributed by atoms with Crippen LogP contribution >= 0.6 is 15.9 Å². The van der Waals surface area contributed by atoms with E-state index in [-0.39, 0.29) is 6.08 Å². The molecular formula is C4H2BrF5. The largest absolute Gasteiger partial charge is 0.409 e. The van der Waals surface area contributed by atoms with E-state index in [2.05, 4.69) is 0 Å². The molecule has 0 amide bonds. The summed E-state index contributed by atoms with van der Waals surface area (Å²) in [5.74, 6) is 0. The average Bonchev–Trinajstić information content (AvgIpc) is 1.57. The molecule has 6 heteroatoms. The van der Waals surface area contributed by atoms with Gasteiger partial charge in [-0.25, -0.2) is 0 Å². The fraction of sp³-hybridized carbons (Fsp3) is 0.500. The fourth-order valence-electron chi connectivity index (χ4n) is 0.189. The first kappa shape index (κ1) is 9.87. The van der Waals surface area contributed by atoms with Gasteiger partial charge in [0.2, 0.25) is 0 Å². The molecule has 0 fully saturated rings. The second-order valence-corrected chi connectivity index (χ2v) is 2.47. The lowest BCUT2D eigenvalue weighted by Crippen LogP contribution is -2.05. The third-order valence-corrected chi connectivity index (χ3v) is 0.726. The highest BCUT2D eigenvalue weighted by atomic mass is 79.9. The third kappa shape index (κ3) is 7.87.